The summed E-state index contributed by atoms with van der Waals surface area (Å²) in [4.78, 5) is 14.1. The van der Waals surface area contributed by atoms with E-state index in [1.807, 2.05) is 14.1 Å². The molecule has 5 heteroatoms. The van der Waals surface area contributed by atoms with Crippen molar-refractivity contribution in [2.24, 2.45) is 5.41 Å². The zero-order chi connectivity index (χ0) is 16.9. The van der Waals surface area contributed by atoms with Crippen LogP contribution in [-0.4, -0.2) is 49.8 Å². The molecule has 2 amide bonds. The van der Waals surface area contributed by atoms with Crippen LogP contribution < -0.4 is 10.6 Å². The molecule has 1 aromatic carbocycles. The van der Waals surface area contributed by atoms with E-state index in [2.05, 4.69) is 46.7 Å². The van der Waals surface area contributed by atoms with Crippen molar-refractivity contribution < 1.29 is 9.90 Å². The van der Waals surface area contributed by atoms with Crippen molar-refractivity contribution in [3.8, 4) is 0 Å². The number of urea groups is 1. The molecule has 23 heavy (non-hydrogen) atoms. The van der Waals surface area contributed by atoms with E-state index in [0.29, 0.717) is 13.1 Å². The molecule has 5 nitrogen and oxygen atoms in total. The van der Waals surface area contributed by atoms with Gasteiger partial charge in [-0.05, 0) is 44.5 Å². The molecule has 0 saturated heterocycles. The first-order chi connectivity index (χ1) is 11.0. The molecule has 0 aromatic heterocycles. The summed E-state index contributed by atoms with van der Waals surface area (Å²) in [7, 11) is 4.03. The molecule has 1 atom stereocenters. The van der Waals surface area contributed by atoms with Crippen LogP contribution in [-0.2, 0) is 6.42 Å². The third-order valence-electron chi connectivity index (χ3n) is 4.77. The fourth-order valence-corrected chi connectivity index (χ4v) is 2.66. The van der Waals surface area contributed by atoms with Gasteiger partial charge in [-0.3, -0.25) is 0 Å². The number of aryl methyl sites for hydroxylation is 1. The standard InChI is InChI=1S/C18H29N3O2/c1-4-14-5-7-15(8-6-14)16(21(2)3)11-19-17(23)20-12-18(13-22)9-10-18/h5-8,16,22H,4,9-13H2,1-3H3,(H2,19,20,23). The molecule has 1 unspecified atom stereocenters. The van der Waals surface area contributed by atoms with E-state index < -0.39 is 0 Å². The Morgan fingerprint density at radius 2 is 1.91 bits per heavy atom. The summed E-state index contributed by atoms with van der Waals surface area (Å²) in [6, 6.07) is 8.52. The maximum absolute atomic E-state index is 12.0. The van der Waals surface area contributed by atoms with Crippen LogP contribution in [0.1, 0.15) is 36.9 Å². The highest BCUT2D eigenvalue weighted by molar-refractivity contribution is 5.74. The summed E-state index contributed by atoms with van der Waals surface area (Å²) in [6.45, 7) is 3.39. The zero-order valence-electron chi connectivity index (χ0n) is 14.4. The molecule has 2 rings (SSSR count). The molecule has 128 valence electrons. The van der Waals surface area contributed by atoms with Crippen LogP contribution in [0.5, 0.6) is 0 Å². The van der Waals surface area contributed by atoms with Gasteiger partial charge >= 0.3 is 6.03 Å². The molecule has 1 aliphatic carbocycles. The zero-order valence-corrected chi connectivity index (χ0v) is 14.4. The van der Waals surface area contributed by atoms with Gasteiger partial charge in [0.05, 0.1) is 12.6 Å². The smallest absolute Gasteiger partial charge is 0.314 e. The SMILES string of the molecule is CCc1ccc(C(CNC(=O)NCC2(CO)CC2)N(C)C)cc1. The summed E-state index contributed by atoms with van der Waals surface area (Å²) in [5.74, 6) is 0. The van der Waals surface area contributed by atoms with Crippen molar-refractivity contribution >= 4 is 6.03 Å². The average molecular weight is 319 g/mol. The minimum absolute atomic E-state index is 0.0612. The number of carbonyl (C=O) groups excluding carboxylic acids is 1. The molecule has 3 N–H and O–H groups in total. The molecule has 1 aromatic rings. The van der Waals surface area contributed by atoms with Gasteiger partial charge in [0.2, 0.25) is 0 Å². The van der Waals surface area contributed by atoms with Gasteiger partial charge < -0.3 is 20.6 Å². The second-order valence-electron chi connectivity index (χ2n) is 6.80. The number of benzene rings is 1. The first-order valence-electron chi connectivity index (χ1n) is 8.37. The molecular weight excluding hydrogens is 290 g/mol. The highest BCUT2D eigenvalue weighted by Gasteiger charge is 2.42. The van der Waals surface area contributed by atoms with Crippen LogP contribution in [0.15, 0.2) is 24.3 Å². The third-order valence-corrected chi connectivity index (χ3v) is 4.77. The fraction of sp³-hybridized carbons (Fsp3) is 0.611. The minimum Gasteiger partial charge on any atom is -0.396 e. The van der Waals surface area contributed by atoms with Gasteiger partial charge in [-0.15, -0.1) is 0 Å². The van der Waals surface area contributed by atoms with E-state index in [1.54, 1.807) is 0 Å². The van der Waals surface area contributed by atoms with Crippen LogP contribution in [0.2, 0.25) is 0 Å². The second kappa shape index (κ2) is 7.79. The van der Waals surface area contributed by atoms with Gasteiger partial charge in [-0.1, -0.05) is 31.2 Å². The predicted molar refractivity (Wildman–Crippen MR) is 92.4 cm³/mol. The van der Waals surface area contributed by atoms with Crippen molar-refractivity contribution in [3.05, 3.63) is 35.4 Å². The predicted octanol–water partition coefficient (Wildman–Crippen LogP) is 1.92. The normalized spacial score (nSPS) is 16.9. The number of hydrogen-bond donors (Lipinski definition) is 3. The van der Waals surface area contributed by atoms with Crippen molar-refractivity contribution in [1.82, 2.24) is 15.5 Å². The molecule has 0 spiro atoms. The summed E-state index contributed by atoms with van der Waals surface area (Å²) in [6.07, 6.45) is 3.02. The van der Waals surface area contributed by atoms with Crippen molar-refractivity contribution in [2.45, 2.75) is 32.2 Å². The highest BCUT2D eigenvalue weighted by Crippen LogP contribution is 2.44. The number of aliphatic hydroxyl groups excluding tert-OH is 1. The van der Waals surface area contributed by atoms with Gasteiger partial charge in [0.15, 0.2) is 0 Å². The Balaban J connectivity index is 1.85. The van der Waals surface area contributed by atoms with Gasteiger partial charge in [-0.25, -0.2) is 4.79 Å². The number of nitrogens with zero attached hydrogens (tertiary/aromatic N) is 1. The van der Waals surface area contributed by atoms with E-state index in [4.69, 9.17) is 0 Å². The average Bonchev–Trinajstić information content (AvgIpc) is 3.34. The number of hydrogen-bond acceptors (Lipinski definition) is 3. The van der Waals surface area contributed by atoms with E-state index in [-0.39, 0.29) is 24.1 Å². The first-order valence-corrected chi connectivity index (χ1v) is 8.37. The number of likely N-dealkylation sites (N-methyl/N-ethyl adjacent to an activating group) is 1. The summed E-state index contributed by atoms with van der Waals surface area (Å²) >= 11 is 0. The molecule has 0 bridgehead atoms. The molecule has 0 aliphatic heterocycles. The lowest BCUT2D eigenvalue weighted by Gasteiger charge is -2.25. The Labute approximate surface area is 139 Å². The van der Waals surface area contributed by atoms with Crippen LogP contribution in [0, 0.1) is 5.41 Å². The van der Waals surface area contributed by atoms with Crippen molar-refractivity contribution in [1.29, 1.82) is 0 Å². The largest absolute Gasteiger partial charge is 0.396 e. The summed E-state index contributed by atoms with van der Waals surface area (Å²) < 4.78 is 0. The van der Waals surface area contributed by atoms with Gasteiger partial charge in [-0.2, -0.15) is 0 Å². The Morgan fingerprint density at radius 3 is 2.39 bits per heavy atom. The molecule has 1 aliphatic rings. The monoisotopic (exact) mass is 319 g/mol. The summed E-state index contributed by atoms with van der Waals surface area (Å²) in [5, 5.41) is 15.1. The third kappa shape index (κ3) is 4.94. The van der Waals surface area contributed by atoms with Crippen LogP contribution >= 0.6 is 0 Å². The van der Waals surface area contributed by atoms with E-state index in [1.165, 1.54) is 11.1 Å². The minimum atomic E-state index is -0.165. The summed E-state index contributed by atoms with van der Waals surface area (Å²) in [5.41, 5.74) is 2.45. The Morgan fingerprint density at radius 1 is 1.26 bits per heavy atom. The maximum Gasteiger partial charge on any atom is 0.314 e. The van der Waals surface area contributed by atoms with Crippen LogP contribution in [0.3, 0.4) is 0 Å². The molecule has 1 saturated carbocycles. The van der Waals surface area contributed by atoms with Gasteiger partial charge in [0, 0.05) is 18.5 Å². The van der Waals surface area contributed by atoms with Gasteiger partial charge in [0.25, 0.3) is 0 Å². The number of carbonyl (C=O) groups is 1. The highest BCUT2D eigenvalue weighted by atomic mass is 16.3. The molecular formula is C18H29N3O2. The van der Waals surface area contributed by atoms with Crippen molar-refractivity contribution in [3.63, 3.8) is 0 Å². The maximum atomic E-state index is 12.0. The van der Waals surface area contributed by atoms with Gasteiger partial charge in [0.1, 0.15) is 0 Å². The lowest BCUT2D eigenvalue weighted by atomic mass is 10.0. The topological polar surface area (TPSA) is 64.6 Å². The van der Waals surface area contributed by atoms with Crippen molar-refractivity contribution in [2.75, 3.05) is 33.8 Å². The Kier molecular flexibility index (Phi) is 6.02. The number of nitrogens with one attached hydrogen (secondary N) is 2. The second-order valence-corrected chi connectivity index (χ2v) is 6.80. The molecule has 0 radical (unpaired) electrons. The fourth-order valence-electron chi connectivity index (χ4n) is 2.66. The number of rotatable bonds is 8. The lowest BCUT2D eigenvalue weighted by Crippen LogP contribution is -2.42. The number of amides is 2. The Hall–Kier alpha value is -1.59. The van der Waals surface area contributed by atoms with E-state index >= 15 is 0 Å². The first kappa shape index (κ1) is 17.8. The Bertz CT molecular complexity index is 510. The molecule has 0 heterocycles. The van der Waals surface area contributed by atoms with E-state index in [9.17, 15) is 9.90 Å². The number of aliphatic hydroxyl groups is 1. The quantitative estimate of drug-likeness (QED) is 0.686. The van der Waals surface area contributed by atoms with E-state index in [0.717, 1.165) is 19.3 Å². The molecule has 1 fully saturated rings. The lowest BCUT2D eigenvalue weighted by molar-refractivity contribution is 0.201. The van der Waals surface area contributed by atoms with Crippen LogP contribution in [0.25, 0.3) is 0 Å². The van der Waals surface area contributed by atoms with Crippen LogP contribution in [0.4, 0.5) is 4.79 Å².